The van der Waals surface area contributed by atoms with Crippen molar-refractivity contribution in [2.45, 2.75) is 19.4 Å². The average Bonchev–Trinajstić information content (AvgIpc) is 3.23. The van der Waals surface area contributed by atoms with Crippen LogP contribution in [0.15, 0.2) is 54.9 Å². The van der Waals surface area contributed by atoms with Crippen LogP contribution in [-0.4, -0.2) is 57.9 Å². The number of aromatic nitrogens is 4. The van der Waals surface area contributed by atoms with Crippen molar-refractivity contribution in [1.29, 1.82) is 0 Å². The molecule has 37 heavy (non-hydrogen) atoms. The van der Waals surface area contributed by atoms with Gasteiger partial charge in [-0.05, 0) is 48.7 Å². The number of halogens is 1. The zero-order valence-corrected chi connectivity index (χ0v) is 22.2. The third-order valence-corrected chi connectivity index (χ3v) is 9.45. The second-order valence-electron chi connectivity index (χ2n) is 8.43. The van der Waals surface area contributed by atoms with Crippen LogP contribution in [0.1, 0.15) is 12.0 Å². The van der Waals surface area contributed by atoms with Gasteiger partial charge in [0, 0.05) is 30.0 Å². The topological polar surface area (TPSA) is 166 Å². The van der Waals surface area contributed by atoms with Gasteiger partial charge < -0.3 is 35.0 Å². The molecule has 0 amide bonds. The molecule has 0 saturated carbocycles. The molecule has 0 aliphatic carbocycles. The molecule has 4 rings (SSSR count). The molecular weight excluding hydrogens is 538 g/mol. The first-order valence-electron chi connectivity index (χ1n) is 11.4. The van der Waals surface area contributed by atoms with Crippen LogP contribution in [0.3, 0.4) is 0 Å². The van der Waals surface area contributed by atoms with Crippen LogP contribution >= 0.6 is 27.3 Å². The molecule has 0 bridgehead atoms. The lowest BCUT2D eigenvalue weighted by molar-refractivity contribution is 0.465. The van der Waals surface area contributed by atoms with E-state index in [9.17, 15) is 14.6 Å². The van der Waals surface area contributed by atoms with Crippen LogP contribution in [0, 0.1) is 0 Å². The van der Waals surface area contributed by atoms with Gasteiger partial charge >= 0.3 is 0 Å². The molecule has 0 aliphatic heterocycles. The van der Waals surface area contributed by atoms with Gasteiger partial charge in [-0.1, -0.05) is 29.8 Å². The van der Waals surface area contributed by atoms with Crippen molar-refractivity contribution < 1.29 is 24.4 Å². The molecule has 14 heteroatoms. The minimum atomic E-state index is -3.62. The molecule has 0 fully saturated rings. The average molecular weight is 565 g/mol. The van der Waals surface area contributed by atoms with E-state index < -0.39 is 21.6 Å². The van der Waals surface area contributed by atoms with Gasteiger partial charge in [0.05, 0.1) is 12.2 Å². The largest absolute Gasteiger partial charge is 0.508 e. The van der Waals surface area contributed by atoms with Crippen LogP contribution in [0.5, 0.6) is 5.75 Å². The standard InChI is InChI=1S/C23H27ClN6O5P2/c24-17-5-2-6-18(13-17)27-21-20-22(30(14-26-20)10-8-16-4-1-7-19(31)12-16)29-23(28-21)25-9-3-11-37(34,35)15-36(32)33/h1-2,4-7,12-14,31-33H,3,8-11,15H2,(H,34,35)(H2,25,27,28,29). The van der Waals surface area contributed by atoms with Crippen molar-refractivity contribution in [3.05, 3.63) is 65.4 Å². The highest BCUT2D eigenvalue weighted by Gasteiger charge is 2.22. The maximum Gasteiger partial charge on any atom is 0.226 e. The molecule has 0 spiro atoms. The number of imidazole rings is 1. The molecule has 2 heterocycles. The minimum absolute atomic E-state index is 0.0579. The zero-order valence-electron chi connectivity index (χ0n) is 19.7. The molecule has 1 unspecified atom stereocenters. The van der Waals surface area contributed by atoms with Gasteiger partial charge in [-0.15, -0.1) is 0 Å². The summed E-state index contributed by atoms with van der Waals surface area (Å²) in [6.45, 7) is 0.866. The molecule has 11 nitrogen and oxygen atoms in total. The minimum Gasteiger partial charge on any atom is -0.508 e. The Kier molecular flexibility index (Phi) is 8.97. The Bertz CT molecular complexity index is 1420. The van der Waals surface area contributed by atoms with E-state index >= 15 is 0 Å². The van der Waals surface area contributed by atoms with Crippen molar-refractivity contribution in [2.75, 3.05) is 29.2 Å². The van der Waals surface area contributed by atoms with Gasteiger partial charge in [0.15, 0.2) is 25.4 Å². The van der Waals surface area contributed by atoms with Crippen molar-refractivity contribution in [3.63, 3.8) is 0 Å². The highest BCUT2D eigenvalue weighted by Crippen LogP contribution is 2.50. The number of hydrogen-bond acceptors (Lipinski definition) is 9. The first-order valence-corrected chi connectivity index (χ1v) is 15.3. The zero-order chi connectivity index (χ0) is 26.4. The predicted molar refractivity (Wildman–Crippen MR) is 146 cm³/mol. The van der Waals surface area contributed by atoms with Crippen molar-refractivity contribution in [1.82, 2.24) is 19.5 Å². The Morgan fingerprint density at radius 2 is 1.92 bits per heavy atom. The number of rotatable bonds is 12. The van der Waals surface area contributed by atoms with Crippen LogP contribution in [0.4, 0.5) is 17.5 Å². The first kappa shape index (κ1) is 27.3. The number of phenolic OH excluding ortho intramolecular Hbond substituents is 1. The van der Waals surface area contributed by atoms with Gasteiger partial charge in [0.1, 0.15) is 5.75 Å². The number of hydrogen-bond donors (Lipinski definition) is 6. The summed E-state index contributed by atoms with van der Waals surface area (Å²) >= 11 is 6.13. The van der Waals surface area contributed by atoms with Crippen LogP contribution in [0.25, 0.3) is 11.2 Å². The number of phenols is 1. The highest BCUT2D eigenvalue weighted by atomic mass is 35.5. The van der Waals surface area contributed by atoms with E-state index in [1.54, 1.807) is 36.7 Å². The summed E-state index contributed by atoms with van der Waals surface area (Å²) in [6, 6.07) is 14.3. The Morgan fingerprint density at radius 1 is 1.11 bits per heavy atom. The van der Waals surface area contributed by atoms with Crippen molar-refractivity contribution in [3.8, 4) is 5.75 Å². The van der Waals surface area contributed by atoms with E-state index in [2.05, 4.69) is 25.6 Å². The molecule has 6 N–H and O–H groups in total. The van der Waals surface area contributed by atoms with E-state index in [1.807, 2.05) is 22.8 Å². The number of anilines is 3. The fourth-order valence-corrected chi connectivity index (χ4v) is 6.72. The predicted octanol–water partition coefficient (Wildman–Crippen LogP) is 4.50. The molecule has 1 atom stereocenters. The van der Waals surface area contributed by atoms with E-state index in [-0.39, 0.29) is 11.9 Å². The van der Waals surface area contributed by atoms with Gasteiger partial charge in [0.2, 0.25) is 13.3 Å². The van der Waals surface area contributed by atoms with Crippen LogP contribution in [0.2, 0.25) is 5.02 Å². The maximum atomic E-state index is 12.1. The molecule has 2 aromatic carbocycles. The maximum absolute atomic E-state index is 12.1. The lowest BCUT2D eigenvalue weighted by Crippen LogP contribution is -2.10. The summed E-state index contributed by atoms with van der Waals surface area (Å²) in [6.07, 6.45) is 2.58. The van der Waals surface area contributed by atoms with E-state index in [0.717, 1.165) is 11.3 Å². The monoisotopic (exact) mass is 564 g/mol. The van der Waals surface area contributed by atoms with Crippen LogP contribution < -0.4 is 10.6 Å². The number of aryl methyl sites for hydroxylation is 2. The van der Waals surface area contributed by atoms with Gasteiger partial charge in [-0.3, -0.25) is 4.57 Å². The third-order valence-electron chi connectivity index (χ3n) is 5.42. The third kappa shape index (κ3) is 7.85. The van der Waals surface area contributed by atoms with E-state index in [0.29, 0.717) is 53.9 Å². The Morgan fingerprint density at radius 3 is 2.68 bits per heavy atom. The Hall–Kier alpha value is -2.78. The summed E-state index contributed by atoms with van der Waals surface area (Å²) in [5.41, 5.74) is 2.83. The van der Waals surface area contributed by atoms with Gasteiger partial charge in [0.25, 0.3) is 0 Å². The SMILES string of the molecule is O=P(O)(CCCNc1nc(Nc2cccc(Cl)c2)c2ncn(CCc3cccc(O)c3)c2n1)CP(O)O. The molecule has 0 saturated heterocycles. The molecule has 2 aromatic heterocycles. The highest BCUT2D eigenvalue weighted by molar-refractivity contribution is 7.70. The summed E-state index contributed by atoms with van der Waals surface area (Å²) < 4.78 is 14.0. The van der Waals surface area contributed by atoms with E-state index in [4.69, 9.17) is 21.4 Å². The van der Waals surface area contributed by atoms with Crippen molar-refractivity contribution in [2.24, 2.45) is 0 Å². The number of nitrogens with one attached hydrogen (secondary N) is 2. The van der Waals surface area contributed by atoms with E-state index in [1.165, 1.54) is 0 Å². The lowest BCUT2D eigenvalue weighted by atomic mass is 10.1. The molecular formula is C23H27ClN6O5P2. The molecule has 4 aromatic rings. The number of nitrogens with zero attached hydrogens (tertiary/aromatic N) is 4. The summed E-state index contributed by atoms with van der Waals surface area (Å²) in [5, 5.41) is 16.6. The smallest absolute Gasteiger partial charge is 0.226 e. The fourth-order valence-electron chi connectivity index (χ4n) is 3.73. The fraction of sp³-hybridized carbons (Fsp3) is 0.261. The van der Waals surface area contributed by atoms with Gasteiger partial charge in [-0.25, -0.2) is 4.98 Å². The molecule has 0 aliphatic rings. The van der Waals surface area contributed by atoms with Crippen molar-refractivity contribution >= 4 is 56.0 Å². The van der Waals surface area contributed by atoms with Gasteiger partial charge in [-0.2, -0.15) is 9.97 Å². The summed E-state index contributed by atoms with van der Waals surface area (Å²) in [5.74, 6) is 0.467. The summed E-state index contributed by atoms with van der Waals surface area (Å²) in [7, 11) is -6.04. The Labute approximate surface area is 219 Å². The lowest BCUT2D eigenvalue weighted by Gasteiger charge is -2.13. The first-order chi connectivity index (χ1) is 17.7. The summed E-state index contributed by atoms with van der Waals surface area (Å²) in [4.78, 5) is 41.7. The second-order valence-corrected chi connectivity index (χ2v) is 12.9. The quantitative estimate of drug-likeness (QED) is 0.107. The normalized spacial score (nSPS) is 13.1. The Balaban J connectivity index is 1.55. The molecule has 196 valence electrons. The van der Waals surface area contributed by atoms with Crippen LogP contribution in [-0.2, 0) is 17.5 Å². The second kappa shape index (κ2) is 12.2. The number of fused-ring (bicyclic) bond motifs is 1. The number of aromatic hydroxyl groups is 1. The number of benzene rings is 2. The molecule has 0 radical (unpaired) electrons.